The average molecular weight is 468 g/mol. The summed E-state index contributed by atoms with van der Waals surface area (Å²) in [7, 11) is 0. The van der Waals surface area contributed by atoms with Gasteiger partial charge < -0.3 is 15.2 Å². The third-order valence-corrected chi connectivity index (χ3v) is 6.32. The molecule has 0 radical (unpaired) electrons. The minimum absolute atomic E-state index is 0.119. The van der Waals surface area contributed by atoms with Crippen molar-refractivity contribution in [1.29, 1.82) is 0 Å². The third kappa shape index (κ3) is 7.20. The highest BCUT2D eigenvalue weighted by molar-refractivity contribution is 7.99. The van der Waals surface area contributed by atoms with Gasteiger partial charge in [0, 0.05) is 4.90 Å². The first-order valence-electron chi connectivity index (χ1n) is 10.9. The van der Waals surface area contributed by atoms with E-state index in [0.29, 0.717) is 23.9 Å². The van der Waals surface area contributed by atoms with Crippen molar-refractivity contribution in [2.45, 2.75) is 56.1 Å². The second-order valence-electron chi connectivity index (χ2n) is 7.85. The van der Waals surface area contributed by atoms with Crippen LogP contribution in [0.5, 0.6) is 0 Å². The predicted octanol–water partition coefficient (Wildman–Crippen LogP) is 5.46. The molecule has 2 N–H and O–H groups in total. The van der Waals surface area contributed by atoms with Gasteiger partial charge in [-0.1, -0.05) is 80.6 Å². The summed E-state index contributed by atoms with van der Waals surface area (Å²) in [6.45, 7) is 4.52. The van der Waals surface area contributed by atoms with E-state index >= 15 is 0 Å². The molecule has 0 aliphatic heterocycles. The van der Waals surface area contributed by atoms with Gasteiger partial charge in [0.2, 0.25) is 5.78 Å². The molecule has 2 atom stereocenters. The zero-order chi connectivity index (χ0) is 23.6. The summed E-state index contributed by atoms with van der Waals surface area (Å²) in [4.78, 5) is 30.2. The van der Waals surface area contributed by atoms with Gasteiger partial charge in [0.15, 0.2) is 5.16 Å². The number of carboxylic acid groups (broad SMARTS) is 1. The molecule has 0 aliphatic carbocycles. The topological polar surface area (TPSA) is 93.5 Å². The number of aromatic nitrogens is 2. The van der Waals surface area contributed by atoms with E-state index < -0.39 is 12.1 Å². The number of nitrogens with zero attached hydrogens (tertiary/aromatic N) is 2. The Labute approximate surface area is 198 Å². The summed E-state index contributed by atoms with van der Waals surface area (Å²) in [5.74, 6) is -0.122. The van der Waals surface area contributed by atoms with E-state index in [1.54, 1.807) is 4.57 Å². The van der Waals surface area contributed by atoms with Crippen molar-refractivity contribution in [1.82, 2.24) is 14.9 Å². The first-order chi connectivity index (χ1) is 16.0. The van der Waals surface area contributed by atoms with Crippen LogP contribution in [0.1, 0.15) is 42.7 Å². The van der Waals surface area contributed by atoms with Crippen LogP contribution in [-0.4, -0.2) is 32.6 Å². The monoisotopic (exact) mass is 467 g/mol. The number of ketones is 1. The molecule has 1 aromatic heterocycles. The van der Waals surface area contributed by atoms with Crippen molar-refractivity contribution >= 4 is 23.6 Å². The highest BCUT2D eigenvalue weighted by atomic mass is 32.2. The summed E-state index contributed by atoms with van der Waals surface area (Å²) < 4.78 is 7.64. The lowest BCUT2D eigenvalue weighted by Crippen LogP contribution is -2.42. The number of carbonyl (C=O) groups is 2. The number of nitrogens with one attached hydrogen (secondary N) is 1. The largest absolute Gasteiger partial charge is 0.465 e. The van der Waals surface area contributed by atoms with Gasteiger partial charge in [0.1, 0.15) is 12.4 Å². The number of benzene rings is 2. The second kappa shape index (κ2) is 12.2. The predicted molar refractivity (Wildman–Crippen MR) is 127 cm³/mol. The molecule has 8 heteroatoms. The van der Waals surface area contributed by atoms with E-state index in [2.05, 4.69) is 10.3 Å². The lowest BCUT2D eigenvalue weighted by atomic mass is 9.95. The molecule has 0 fully saturated rings. The third-order valence-electron chi connectivity index (χ3n) is 5.30. The second-order valence-corrected chi connectivity index (χ2v) is 8.89. The van der Waals surface area contributed by atoms with E-state index in [1.165, 1.54) is 18.0 Å². The van der Waals surface area contributed by atoms with E-state index in [0.717, 1.165) is 16.9 Å². The summed E-state index contributed by atoms with van der Waals surface area (Å²) >= 11 is 1.43. The lowest BCUT2D eigenvalue weighted by Gasteiger charge is -2.20. The van der Waals surface area contributed by atoms with Crippen molar-refractivity contribution in [3.05, 3.63) is 78.1 Å². The summed E-state index contributed by atoms with van der Waals surface area (Å²) in [5.41, 5.74) is 1.34. The van der Waals surface area contributed by atoms with Crippen LogP contribution >= 0.6 is 11.8 Å². The molecule has 3 rings (SSSR count). The standard InChI is InChI=1S/C25H29N3O4S/c1-3-18(2)14-21(27-25(30)31)23(29)22-15-26-24(33-20-12-8-5-9-13-20)28(22)17-32-16-19-10-6-4-7-11-19/h4-13,15,18,21,27H,3,14,16-17H2,1-2H3,(H,30,31)/t18?,21-/m0/s1. The number of Topliss-reactive ketones (excluding diaryl/α,β-unsaturated/α-hetero) is 1. The van der Waals surface area contributed by atoms with Crippen molar-refractivity contribution < 1.29 is 19.4 Å². The average Bonchev–Trinajstić information content (AvgIpc) is 3.21. The molecule has 3 aromatic rings. The van der Waals surface area contributed by atoms with Crippen LogP contribution in [0, 0.1) is 5.92 Å². The Bertz CT molecular complexity index is 1040. The first-order valence-corrected chi connectivity index (χ1v) is 11.7. The van der Waals surface area contributed by atoms with Crippen LogP contribution in [0.15, 0.2) is 76.9 Å². The van der Waals surface area contributed by atoms with E-state index in [4.69, 9.17) is 4.74 Å². The first kappa shape index (κ1) is 24.5. The molecule has 174 valence electrons. The van der Waals surface area contributed by atoms with Crippen molar-refractivity contribution in [3.63, 3.8) is 0 Å². The molecule has 0 saturated heterocycles. The molecular weight excluding hydrogens is 438 g/mol. The van der Waals surface area contributed by atoms with Gasteiger partial charge in [0.05, 0.1) is 18.8 Å². The molecule has 2 aromatic carbocycles. The minimum atomic E-state index is -1.22. The highest BCUT2D eigenvalue weighted by Gasteiger charge is 2.28. The molecule has 7 nitrogen and oxygen atoms in total. The number of hydrogen-bond donors (Lipinski definition) is 2. The number of imidazole rings is 1. The molecule has 0 spiro atoms. The number of rotatable bonds is 12. The fraction of sp³-hybridized carbons (Fsp3) is 0.320. The summed E-state index contributed by atoms with van der Waals surface area (Å²) in [6.07, 6.45) is 1.55. The van der Waals surface area contributed by atoms with Gasteiger partial charge in [-0.2, -0.15) is 0 Å². The van der Waals surface area contributed by atoms with Crippen LogP contribution in [0.25, 0.3) is 0 Å². The van der Waals surface area contributed by atoms with Crippen molar-refractivity contribution in [2.75, 3.05) is 0 Å². The quantitative estimate of drug-likeness (QED) is 0.343. The Morgan fingerprint density at radius 3 is 2.42 bits per heavy atom. The number of ether oxygens (including phenoxy) is 1. The lowest BCUT2D eigenvalue weighted by molar-refractivity contribution is 0.0551. The number of carbonyl (C=O) groups excluding carboxylic acids is 1. The van der Waals surface area contributed by atoms with Gasteiger partial charge in [-0.05, 0) is 30.0 Å². The number of hydrogen-bond acceptors (Lipinski definition) is 5. The maximum absolute atomic E-state index is 13.4. The Morgan fingerprint density at radius 1 is 1.12 bits per heavy atom. The fourth-order valence-corrected chi connectivity index (χ4v) is 4.18. The van der Waals surface area contributed by atoms with E-state index in [9.17, 15) is 14.7 Å². The molecule has 1 heterocycles. The molecule has 1 amide bonds. The minimum Gasteiger partial charge on any atom is -0.465 e. The van der Waals surface area contributed by atoms with Crippen molar-refractivity contribution in [3.8, 4) is 0 Å². The zero-order valence-corrected chi connectivity index (χ0v) is 19.6. The van der Waals surface area contributed by atoms with E-state index in [1.807, 2.05) is 74.5 Å². The van der Waals surface area contributed by atoms with Crippen LogP contribution in [0.2, 0.25) is 0 Å². The Kier molecular flexibility index (Phi) is 9.09. The van der Waals surface area contributed by atoms with Crippen LogP contribution in [-0.2, 0) is 18.1 Å². The molecule has 0 bridgehead atoms. The van der Waals surface area contributed by atoms with Crippen LogP contribution in [0.4, 0.5) is 4.79 Å². The Hall–Kier alpha value is -3.10. The maximum Gasteiger partial charge on any atom is 0.405 e. The molecule has 0 aliphatic rings. The molecule has 0 saturated carbocycles. The van der Waals surface area contributed by atoms with Crippen LogP contribution in [0.3, 0.4) is 0 Å². The van der Waals surface area contributed by atoms with Gasteiger partial charge in [-0.3, -0.25) is 9.36 Å². The number of amides is 1. The Morgan fingerprint density at radius 2 is 1.79 bits per heavy atom. The normalized spacial score (nSPS) is 12.8. The molecule has 1 unspecified atom stereocenters. The SMILES string of the molecule is CCC(C)C[C@H](NC(=O)O)C(=O)c1cnc(Sc2ccccc2)n1COCc1ccccc1. The highest BCUT2D eigenvalue weighted by Crippen LogP contribution is 2.28. The fourth-order valence-electron chi connectivity index (χ4n) is 3.31. The summed E-state index contributed by atoms with van der Waals surface area (Å²) in [5, 5.41) is 12.3. The van der Waals surface area contributed by atoms with Gasteiger partial charge in [0.25, 0.3) is 0 Å². The van der Waals surface area contributed by atoms with Gasteiger partial charge in [-0.25, -0.2) is 9.78 Å². The molecule has 33 heavy (non-hydrogen) atoms. The van der Waals surface area contributed by atoms with Gasteiger partial charge in [-0.15, -0.1) is 0 Å². The zero-order valence-electron chi connectivity index (χ0n) is 18.8. The Balaban J connectivity index is 1.86. The van der Waals surface area contributed by atoms with E-state index in [-0.39, 0.29) is 18.4 Å². The van der Waals surface area contributed by atoms with Crippen LogP contribution < -0.4 is 5.32 Å². The van der Waals surface area contributed by atoms with Gasteiger partial charge >= 0.3 is 6.09 Å². The molecular formula is C25H29N3O4S. The van der Waals surface area contributed by atoms with Crippen molar-refractivity contribution in [2.24, 2.45) is 5.92 Å². The summed E-state index contributed by atoms with van der Waals surface area (Å²) in [6, 6.07) is 18.7. The maximum atomic E-state index is 13.4. The smallest absolute Gasteiger partial charge is 0.405 e.